The van der Waals surface area contributed by atoms with E-state index in [4.69, 9.17) is 14.2 Å². The van der Waals surface area contributed by atoms with E-state index in [1.54, 1.807) is 12.2 Å². The molecule has 1 aliphatic rings. The minimum absolute atomic E-state index is 0. The molecule has 0 aliphatic carbocycles. The van der Waals surface area contributed by atoms with Crippen LogP contribution in [0.5, 0.6) is 17.2 Å². The van der Waals surface area contributed by atoms with Crippen molar-refractivity contribution in [2.75, 3.05) is 34.0 Å². The van der Waals surface area contributed by atoms with Crippen LogP contribution in [0.25, 0.3) is 16.8 Å². The fourth-order valence-electron chi connectivity index (χ4n) is 3.50. The van der Waals surface area contributed by atoms with E-state index in [2.05, 4.69) is 14.1 Å². The van der Waals surface area contributed by atoms with E-state index in [1.165, 1.54) is 4.90 Å². The molecule has 0 fully saturated rings. The molecule has 0 bridgehead atoms. The SMILES string of the molecule is C[NH+](C)CCCOc1ccc(C(=O)/C=C/c2ccc3c(c2)OCO3)c2ccccc12.[Cl-]. The van der Waals surface area contributed by atoms with Crippen LogP contribution in [0.2, 0.25) is 0 Å². The molecule has 31 heavy (non-hydrogen) atoms. The van der Waals surface area contributed by atoms with E-state index < -0.39 is 0 Å². The molecule has 3 aromatic carbocycles. The number of allylic oxidation sites excluding steroid dienone is 1. The van der Waals surface area contributed by atoms with Gasteiger partial charge in [-0.25, -0.2) is 0 Å². The third-order valence-electron chi connectivity index (χ3n) is 5.05. The van der Waals surface area contributed by atoms with Gasteiger partial charge in [-0.15, -0.1) is 0 Å². The summed E-state index contributed by atoms with van der Waals surface area (Å²) in [4.78, 5) is 14.3. The summed E-state index contributed by atoms with van der Waals surface area (Å²) in [7, 11) is 4.26. The number of fused-ring (bicyclic) bond motifs is 2. The molecule has 1 N–H and O–H groups in total. The molecule has 0 saturated carbocycles. The summed E-state index contributed by atoms with van der Waals surface area (Å²) in [5.74, 6) is 2.20. The predicted molar refractivity (Wildman–Crippen MR) is 118 cm³/mol. The maximum atomic E-state index is 12.9. The highest BCUT2D eigenvalue weighted by Crippen LogP contribution is 2.33. The van der Waals surface area contributed by atoms with Gasteiger partial charge in [0.25, 0.3) is 0 Å². The largest absolute Gasteiger partial charge is 1.00 e. The van der Waals surface area contributed by atoms with Gasteiger partial charge in [-0.1, -0.05) is 36.4 Å². The van der Waals surface area contributed by atoms with E-state index in [0.717, 1.165) is 40.8 Å². The topological polar surface area (TPSA) is 49.2 Å². The number of ether oxygens (including phenoxy) is 3. The van der Waals surface area contributed by atoms with E-state index in [1.807, 2.05) is 54.6 Å². The normalized spacial score (nSPS) is 12.4. The Morgan fingerprint density at radius 3 is 2.61 bits per heavy atom. The fourth-order valence-corrected chi connectivity index (χ4v) is 3.50. The zero-order chi connectivity index (χ0) is 20.9. The highest BCUT2D eigenvalue weighted by Gasteiger charge is 2.14. The Morgan fingerprint density at radius 2 is 1.81 bits per heavy atom. The Kier molecular flexibility index (Phi) is 7.55. The zero-order valence-electron chi connectivity index (χ0n) is 17.7. The highest BCUT2D eigenvalue weighted by atomic mass is 35.5. The summed E-state index contributed by atoms with van der Waals surface area (Å²) in [5.41, 5.74) is 1.55. The van der Waals surface area contributed by atoms with Crippen LogP contribution in [-0.4, -0.2) is 39.8 Å². The van der Waals surface area contributed by atoms with Crippen LogP contribution in [0, 0.1) is 0 Å². The lowest BCUT2D eigenvalue weighted by atomic mass is 10.00. The summed E-state index contributed by atoms with van der Waals surface area (Å²) < 4.78 is 16.7. The lowest BCUT2D eigenvalue weighted by Crippen LogP contribution is -3.05. The molecular weight excluding hydrogens is 414 g/mol. The minimum atomic E-state index is -0.0494. The van der Waals surface area contributed by atoms with Crippen molar-refractivity contribution in [1.82, 2.24) is 0 Å². The third kappa shape index (κ3) is 5.37. The number of hydrogen-bond acceptors (Lipinski definition) is 4. The van der Waals surface area contributed by atoms with Gasteiger partial charge in [0, 0.05) is 17.4 Å². The van der Waals surface area contributed by atoms with Gasteiger partial charge in [0.1, 0.15) is 5.75 Å². The molecule has 0 aromatic heterocycles. The number of hydrogen-bond donors (Lipinski definition) is 1. The van der Waals surface area contributed by atoms with Gasteiger partial charge in [0.05, 0.1) is 27.2 Å². The van der Waals surface area contributed by atoms with Crippen molar-refractivity contribution in [1.29, 1.82) is 0 Å². The van der Waals surface area contributed by atoms with Gasteiger partial charge in [0.2, 0.25) is 6.79 Å². The summed E-state index contributed by atoms with van der Waals surface area (Å²) in [6.45, 7) is 1.95. The second-order valence-corrected chi connectivity index (χ2v) is 7.63. The standard InChI is InChI=1S/C25H25NO4.ClH/c1-26(2)14-5-15-28-23-13-10-20(19-6-3-4-7-21(19)23)22(27)11-8-18-9-12-24-25(16-18)30-17-29-24;/h3-4,6-13,16H,5,14-15,17H2,1-2H3;1H/b11-8+;. The van der Waals surface area contributed by atoms with E-state index >= 15 is 0 Å². The van der Waals surface area contributed by atoms with Gasteiger partial charge in [-0.2, -0.15) is 0 Å². The van der Waals surface area contributed by atoms with Crippen LogP contribution < -0.4 is 31.5 Å². The smallest absolute Gasteiger partial charge is 0.231 e. The molecule has 1 aliphatic heterocycles. The molecule has 3 aromatic rings. The van der Waals surface area contributed by atoms with Crippen LogP contribution in [-0.2, 0) is 0 Å². The molecule has 0 amide bonds. The molecule has 5 nitrogen and oxygen atoms in total. The Bertz CT molecular complexity index is 1090. The van der Waals surface area contributed by atoms with Crippen LogP contribution in [0.3, 0.4) is 0 Å². The Morgan fingerprint density at radius 1 is 1.03 bits per heavy atom. The number of rotatable bonds is 8. The van der Waals surface area contributed by atoms with Crippen molar-refractivity contribution in [2.24, 2.45) is 0 Å². The van der Waals surface area contributed by atoms with Gasteiger partial charge in [-0.3, -0.25) is 4.79 Å². The monoisotopic (exact) mass is 439 g/mol. The molecule has 0 saturated heterocycles. The van der Waals surface area contributed by atoms with E-state index in [-0.39, 0.29) is 25.0 Å². The summed E-state index contributed by atoms with van der Waals surface area (Å²) >= 11 is 0. The number of quaternary nitrogens is 1. The van der Waals surface area contributed by atoms with Crippen molar-refractivity contribution >= 4 is 22.6 Å². The van der Waals surface area contributed by atoms with Crippen molar-refractivity contribution in [2.45, 2.75) is 6.42 Å². The van der Waals surface area contributed by atoms with Crippen LogP contribution >= 0.6 is 0 Å². The molecule has 1 heterocycles. The number of carbonyl (C=O) groups is 1. The summed E-state index contributed by atoms with van der Waals surface area (Å²) in [6, 6.07) is 17.3. The maximum Gasteiger partial charge on any atom is 0.231 e. The predicted octanol–water partition coefficient (Wildman–Crippen LogP) is 0.382. The first-order chi connectivity index (χ1) is 14.6. The summed E-state index contributed by atoms with van der Waals surface area (Å²) in [5, 5.41) is 1.85. The first kappa shape index (κ1) is 22.7. The molecule has 0 spiro atoms. The number of benzene rings is 3. The van der Waals surface area contributed by atoms with Crippen LogP contribution in [0.4, 0.5) is 0 Å². The van der Waals surface area contributed by atoms with E-state index in [0.29, 0.717) is 17.9 Å². The van der Waals surface area contributed by atoms with E-state index in [9.17, 15) is 4.79 Å². The first-order valence-electron chi connectivity index (χ1n) is 10.2. The minimum Gasteiger partial charge on any atom is -1.00 e. The number of ketones is 1. The highest BCUT2D eigenvalue weighted by molar-refractivity contribution is 6.15. The Labute approximate surface area is 188 Å². The molecule has 6 heteroatoms. The van der Waals surface area contributed by atoms with Crippen molar-refractivity contribution in [3.05, 3.63) is 71.8 Å². The third-order valence-corrected chi connectivity index (χ3v) is 5.05. The van der Waals surface area contributed by atoms with Gasteiger partial charge in [-0.05, 0) is 41.3 Å². The van der Waals surface area contributed by atoms with Crippen molar-refractivity contribution in [3.8, 4) is 17.2 Å². The number of nitrogens with one attached hydrogen (secondary N) is 1. The maximum absolute atomic E-state index is 12.9. The van der Waals surface area contributed by atoms with Crippen molar-refractivity contribution < 1.29 is 36.3 Å². The quantitative estimate of drug-likeness (QED) is 0.313. The van der Waals surface area contributed by atoms with Crippen LogP contribution in [0.1, 0.15) is 22.3 Å². The average Bonchev–Trinajstić information content (AvgIpc) is 3.22. The summed E-state index contributed by atoms with van der Waals surface area (Å²) in [6.07, 6.45) is 4.38. The van der Waals surface area contributed by atoms with Crippen molar-refractivity contribution in [3.63, 3.8) is 0 Å². The Balaban J connectivity index is 0.00000272. The number of carbonyl (C=O) groups excluding carboxylic acids is 1. The average molecular weight is 440 g/mol. The Hall–Kier alpha value is -3.02. The van der Waals surface area contributed by atoms with Crippen LogP contribution in [0.15, 0.2) is 60.7 Å². The lowest BCUT2D eigenvalue weighted by Gasteiger charge is -2.12. The molecule has 162 valence electrons. The van der Waals surface area contributed by atoms with Gasteiger partial charge < -0.3 is 31.5 Å². The second-order valence-electron chi connectivity index (χ2n) is 7.63. The molecule has 4 rings (SSSR count). The zero-order valence-corrected chi connectivity index (χ0v) is 18.4. The van der Waals surface area contributed by atoms with Gasteiger partial charge in [0.15, 0.2) is 17.3 Å². The lowest BCUT2D eigenvalue weighted by molar-refractivity contribution is -0.858. The fraction of sp³-hybridized carbons (Fsp3) is 0.240. The molecule has 0 unspecified atom stereocenters. The first-order valence-corrected chi connectivity index (χ1v) is 10.2. The van der Waals surface area contributed by atoms with Gasteiger partial charge >= 0.3 is 0 Å². The molecule has 0 radical (unpaired) electrons. The molecular formula is C25H26ClNO4. The number of halogens is 1. The molecule has 0 atom stereocenters. The second kappa shape index (κ2) is 10.3.